The van der Waals surface area contributed by atoms with Crippen LogP contribution in [0.25, 0.3) is 0 Å². The smallest absolute Gasteiger partial charge is 0.224 e. The first-order valence-corrected chi connectivity index (χ1v) is 8.27. The lowest BCUT2D eigenvalue weighted by molar-refractivity contribution is -0.116. The molecule has 1 aromatic carbocycles. The number of carbonyl (C=O) groups excluding carboxylic acids is 2. The number of methoxy groups -OCH3 is 1. The summed E-state index contributed by atoms with van der Waals surface area (Å²) in [6, 6.07) is 7.47. The Labute approximate surface area is 140 Å². The van der Waals surface area contributed by atoms with Crippen molar-refractivity contribution in [2.75, 3.05) is 12.4 Å². The molecule has 0 saturated carbocycles. The molecule has 1 heterocycles. The number of aryl methyl sites for hydroxylation is 3. The number of Topliss-reactive ketones (excluding diaryl/α,β-unsaturated/α-hetero) is 1. The van der Waals surface area contributed by atoms with E-state index in [1.54, 1.807) is 18.4 Å². The molecule has 1 N–H and O–H groups in total. The number of rotatable bonds is 6. The Bertz CT molecular complexity index is 734. The van der Waals surface area contributed by atoms with Crippen LogP contribution in [0, 0.1) is 20.8 Å². The third-order valence-corrected chi connectivity index (χ3v) is 4.52. The van der Waals surface area contributed by atoms with Crippen LogP contribution in [0.2, 0.25) is 0 Å². The molecule has 0 spiro atoms. The van der Waals surface area contributed by atoms with Crippen molar-refractivity contribution in [3.8, 4) is 5.75 Å². The van der Waals surface area contributed by atoms with Crippen LogP contribution in [0.5, 0.6) is 5.75 Å². The number of ketones is 1. The summed E-state index contributed by atoms with van der Waals surface area (Å²) in [7, 11) is 1.56. The lowest BCUT2D eigenvalue weighted by atomic mass is 10.1. The molecular formula is C18H21NO3S. The zero-order valence-electron chi connectivity index (χ0n) is 13.9. The number of thiophene rings is 1. The number of hydrogen-bond acceptors (Lipinski definition) is 4. The van der Waals surface area contributed by atoms with E-state index in [0.29, 0.717) is 11.4 Å². The second kappa shape index (κ2) is 7.42. The molecular weight excluding hydrogens is 310 g/mol. The first-order chi connectivity index (χ1) is 10.9. The standard InChI is InChI=1S/C18H21NO3S/c1-11-5-7-17(22-4)15(9-11)19-18(21)8-6-16(20)14-10-12(2)23-13(14)3/h5,7,9-10H,6,8H2,1-4H3,(H,19,21). The van der Waals surface area contributed by atoms with Crippen molar-refractivity contribution < 1.29 is 14.3 Å². The predicted octanol–water partition coefficient (Wildman–Crippen LogP) is 4.28. The van der Waals surface area contributed by atoms with Crippen molar-refractivity contribution in [2.45, 2.75) is 33.6 Å². The predicted molar refractivity (Wildman–Crippen MR) is 93.7 cm³/mol. The molecule has 0 aliphatic heterocycles. The maximum atomic E-state index is 12.2. The van der Waals surface area contributed by atoms with Crippen LogP contribution in [-0.2, 0) is 4.79 Å². The molecule has 0 saturated heterocycles. The summed E-state index contributed by atoms with van der Waals surface area (Å²) < 4.78 is 5.23. The molecule has 0 unspecified atom stereocenters. The summed E-state index contributed by atoms with van der Waals surface area (Å²) in [5.41, 5.74) is 2.39. The van der Waals surface area contributed by atoms with Crippen molar-refractivity contribution in [3.63, 3.8) is 0 Å². The molecule has 1 amide bonds. The Balaban J connectivity index is 1.97. The van der Waals surface area contributed by atoms with Gasteiger partial charge in [0.2, 0.25) is 5.91 Å². The fourth-order valence-corrected chi connectivity index (χ4v) is 3.34. The van der Waals surface area contributed by atoms with Crippen molar-refractivity contribution in [1.29, 1.82) is 0 Å². The molecule has 0 fully saturated rings. The summed E-state index contributed by atoms with van der Waals surface area (Å²) in [5, 5.41) is 2.82. The van der Waals surface area contributed by atoms with Gasteiger partial charge >= 0.3 is 0 Å². The lowest BCUT2D eigenvalue weighted by Crippen LogP contribution is -2.14. The van der Waals surface area contributed by atoms with Gasteiger partial charge in [0.15, 0.2) is 5.78 Å². The fraction of sp³-hybridized carbons (Fsp3) is 0.333. The topological polar surface area (TPSA) is 55.4 Å². The van der Waals surface area contributed by atoms with E-state index in [0.717, 1.165) is 20.9 Å². The molecule has 0 radical (unpaired) electrons. The maximum absolute atomic E-state index is 12.2. The third kappa shape index (κ3) is 4.42. The SMILES string of the molecule is COc1ccc(C)cc1NC(=O)CCC(=O)c1cc(C)sc1C. The first-order valence-electron chi connectivity index (χ1n) is 7.45. The van der Waals surface area contributed by atoms with Gasteiger partial charge in [0.25, 0.3) is 0 Å². The molecule has 0 bridgehead atoms. The molecule has 2 aromatic rings. The van der Waals surface area contributed by atoms with Crippen LogP contribution in [-0.4, -0.2) is 18.8 Å². The van der Waals surface area contributed by atoms with E-state index in [-0.39, 0.29) is 24.5 Å². The normalized spacial score (nSPS) is 10.4. The van der Waals surface area contributed by atoms with E-state index in [1.807, 2.05) is 45.0 Å². The van der Waals surface area contributed by atoms with Gasteiger partial charge in [-0.1, -0.05) is 6.07 Å². The summed E-state index contributed by atoms with van der Waals surface area (Å²) in [5.74, 6) is 0.435. The minimum absolute atomic E-state index is 0.0122. The van der Waals surface area contributed by atoms with Gasteiger partial charge in [0.1, 0.15) is 5.75 Å². The summed E-state index contributed by atoms with van der Waals surface area (Å²) in [4.78, 5) is 26.4. The minimum Gasteiger partial charge on any atom is -0.495 e. The number of amides is 1. The molecule has 0 atom stereocenters. The summed E-state index contributed by atoms with van der Waals surface area (Å²) in [6.45, 7) is 5.86. The van der Waals surface area contributed by atoms with Gasteiger partial charge in [-0.05, 0) is 44.5 Å². The Morgan fingerprint density at radius 1 is 1.13 bits per heavy atom. The van der Waals surface area contributed by atoms with Gasteiger partial charge in [0, 0.05) is 28.2 Å². The van der Waals surface area contributed by atoms with Crippen LogP contribution in [0.15, 0.2) is 24.3 Å². The maximum Gasteiger partial charge on any atom is 0.224 e. The second-order valence-corrected chi connectivity index (χ2v) is 6.96. The van der Waals surface area contributed by atoms with Gasteiger partial charge in [0.05, 0.1) is 12.8 Å². The monoisotopic (exact) mass is 331 g/mol. The van der Waals surface area contributed by atoms with Crippen LogP contribution in [0.3, 0.4) is 0 Å². The molecule has 2 rings (SSSR count). The number of ether oxygens (including phenoxy) is 1. The minimum atomic E-state index is -0.188. The molecule has 0 aliphatic rings. The highest BCUT2D eigenvalue weighted by Gasteiger charge is 2.14. The molecule has 23 heavy (non-hydrogen) atoms. The summed E-state index contributed by atoms with van der Waals surface area (Å²) >= 11 is 1.60. The van der Waals surface area contributed by atoms with E-state index in [2.05, 4.69) is 5.32 Å². The number of carbonyl (C=O) groups is 2. The molecule has 4 nitrogen and oxygen atoms in total. The average Bonchev–Trinajstić information content (AvgIpc) is 2.84. The largest absolute Gasteiger partial charge is 0.495 e. The van der Waals surface area contributed by atoms with Gasteiger partial charge in [-0.2, -0.15) is 0 Å². The van der Waals surface area contributed by atoms with Crippen molar-refractivity contribution in [3.05, 3.63) is 45.1 Å². The van der Waals surface area contributed by atoms with E-state index in [1.165, 1.54) is 0 Å². The zero-order valence-corrected chi connectivity index (χ0v) is 14.7. The quantitative estimate of drug-likeness (QED) is 0.804. The third-order valence-electron chi connectivity index (χ3n) is 3.55. The Kier molecular flexibility index (Phi) is 5.55. The number of hydrogen-bond donors (Lipinski definition) is 1. The van der Waals surface area contributed by atoms with Crippen molar-refractivity contribution in [2.24, 2.45) is 0 Å². The van der Waals surface area contributed by atoms with Gasteiger partial charge < -0.3 is 10.1 Å². The zero-order chi connectivity index (χ0) is 17.0. The van der Waals surface area contributed by atoms with Crippen LogP contribution >= 0.6 is 11.3 Å². The van der Waals surface area contributed by atoms with Crippen molar-refractivity contribution in [1.82, 2.24) is 0 Å². The van der Waals surface area contributed by atoms with Crippen molar-refractivity contribution >= 4 is 28.7 Å². The summed E-state index contributed by atoms with van der Waals surface area (Å²) in [6.07, 6.45) is 0.362. The molecule has 1 aromatic heterocycles. The van der Waals surface area contributed by atoms with Gasteiger partial charge in [-0.15, -0.1) is 11.3 Å². The van der Waals surface area contributed by atoms with Gasteiger partial charge in [-0.25, -0.2) is 0 Å². The van der Waals surface area contributed by atoms with Crippen LogP contribution in [0.1, 0.15) is 38.5 Å². The molecule has 122 valence electrons. The van der Waals surface area contributed by atoms with E-state index in [4.69, 9.17) is 4.74 Å². The molecule has 0 aliphatic carbocycles. The van der Waals surface area contributed by atoms with Crippen LogP contribution < -0.4 is 10.1 Å². The number of anilines is 1. The van der Waals surface area contributed by atoms with E-state index >= 15 is 0 Å². The van der Waals surface area contributed by atoms with E-state index < -0.39 is 0 Å². The van der Waals surface area contributed by atoms with E-state index in [9.17, 15) is 9.59 Å². The lowest BCUT2D eigenvalue weighted by Gasteiger charge is -2.10. The van der Waals surface area contributed by atoms with Gasteiger partial charge in [-0.3, -0.25) is 9.59 Å². The van der Waals surface area contributed by atoms with Crippen LogP contribution in [0.4, 0.5) is 5.69 Å². The Hall–Kier alpha value is -2.14. The number of nitrogens with one attached hydrogen (secondary N) is 1. The highest BCUT2D eigenvalue weighted by molar-refractivity contribution is 7.12. The Morgan fingerprint density at radius 2 is 1.87 bits per heavy atom. The Morgan fingerprint density at radius 3 is 2.48 bits per heavy atom. The average molecular weight is 331 g/mol. The highest BCUT2D eigenvalue weighted by atomic mass is 32.1. The number of benzene rings is 1. The molecule has 5 heteroatoms. The fourth-order valence-electron chi connectivity index (χ4n) is 2.40. The second-order valence-electron chi connectivity index (χ2n) is 5.50. The first kappa shape index (κ1) is 17.2. The highest BCUT2D eigenvalue weighted by Crippen LogP contribution is 2.26.